The van der Waals surface area contributed by atoms with E-state index in [4.69, 9.17) is 5.73 Å². The Morgan fingerprint density at radius 2 is 1.71 bits per heavy atom. The molecule has 0 atom stereocenters. The van der Waals surface area contributed by atoms with Crippen molar-refractivity contribution in [3.05, 3.63) is 36.7 Å². The lowest BCUT2D eigenvalue weighted by Crippen LogP contribution is -2.16. The minimum atomic E-state index is 0.778. The fraction of sp³-hybridized carbons (Fsp3) is 0.308. The molecule has 2 heterocycles. The number of rotatable bonds is 2. The van der Waals surface area contributed by atoms with Crippen molar-refractivity contribution in [2.24, 2.45) is 0 Å². The predicted molar refractivity (Wildman–Crippen MR) is 69.4 cm³/mol. The van der Waals surface area contributed by atoms with E-state index in [0.29, 0.717) is 0 Å². The number of nitrogens with zero attached hydrogens (tertiary/aromatic N) is 3. The van der Waals surface area contributed by atoms with Crippen LogP contribution in [0.15, 0.2) is 36.7 Å². The van der Waals surface area contributed by atoms with Crippen LogP contribution < -0.4 is 10.6 Å². The Hall–Kier alpha value is -1.97. The van der Waals surface area contributed by atoms with Gasteiger partial charge < -0.3 is 10.6 Å². The van der Waals surface area contributed by atoms with Crippen LogP contribution in [-0.2, 0) is 0 Å². The third-order valence-corrected chi connectivity index (χ3v) is 3.20. The average Bonchev–Trinajstić information content (AvgIpc) is 3.00. The monoisotopic (exact) mass is 228 g/mol. The second-order valence-corrected chi connectivity index (χ2v) is 4.43. The zero-order valence-corrected chi connectivity index (χ0v) is 9.71. The fourth-order valence-electron chi connectivity index (χ4n) is 2.22. The van der Waals surface area contributed by atoms with Gasteiger partial charge in [-0.05, 0) is 37.1 Å². The first-order chi connectivity index (χ1) is 8.33. The van der Waals surface area contributed by atoms with E-state index in [9.17, 15) is 0 Å². The Balaban J connectivity index is 1.86. The zero-order chi connectivity index (χ0) is 11.7. The number of anilines is 2. The van der Waals surface area contributed by atoms with Gasteiger partial charge >= 0.3 is 0 Å². The highest BCUT2D eigenvalue weighted by Gasteiger charge is 2.13. The Morgan fingerprint density at radius 1 is 1.00 bits per heavy atom. The van der Waals surface area contributed by atoms with Gasteiger partial charge in [0.15, 0.2) is 0 Å². The van der Waals surface area contributed by atoms with Gasteiger partial charge in [-0.3, -0.25) is 0 Å². The lowest BCUT2D eigenvalue weighted by Gasteiger charge is -2.13. The van der Waals surface area contributed by atoms with Gasteiger partial charge in [-0.1, -0.05) is 0 Å². The molecule has 1 aliphatic heterocycles. The molecule has 88 valence electrons. The molecule has 1 fully saturated rings. The predicted octanol–water partition coefficient (Wildman–Crippen LogP) is 2.05. The molecular weight excluding hydrogens is 212 g/mol. The minimum Gasteiger partial charge on any atom is -0.399 e. The first kappa shape index (κ1) is 10.2. The molecule has 3 rings (SSSR count). The quantitative estimate of drug-likeness (QED) is 0.800. The van der Waals surface area contributed by atoms with Crippen molar-refractivity contribution in [3.8, 4) is 5.69 Å². The maximum absolute atomic E-state index is 5.67. The number of hydrogen-bond acceptors (Lipinski definition) is 3. The molecule has 1 aromatic heterocycles. The van der Waals surface area contributed by atoms with Gasteiger partial charge in [0.25, 0.3) is 0 Å². The summed E-state index contributed by atoms with van der Waals surface area (Å²) in [6.07, 6.45) is 6.58. The van der Waals surface area contributed by atoms with Gasteiger partial charge in [-0.15, -0.1) is 0 Å². The summed E-state index contributed by atoms with van der Waals surface area (Å²) < 4.78 is 1.90. The van der Waals surface area contributed by atoms with Crippen LogP contribution in [0.3, 0.4) is 0 Å². The van der Waals surface area contributed by atoms with Crippen LogP contribution in [0.2, 0.25) is 0 Å². The first-order valence-electron chi connectivity index (χ1n) is 5.98. The third-order valence-electron chi connectivity index (χ3n) is 3.20. The Bertz CT molecular complexity index is 494. The molecule has 4 nitrogen and oxygen atoms in total. The number of benzene rings is 1. The van der Waals surface area contributed by atoms with Gasteiger partial charge in [0, 0.05) is 18.8 Å². The highest BCUT2D eigenvalue weighted by Crippen LogP contribution is 2.20. The summed E-state index contributed by atoms with van der Waals surface area (Å²) in [6, 6.07) is 7.76. The van der Waals surface area contributed by atoms with Crippen molar-refractivity contribution < 1.29 is 0 Å². The van der Waals surface area contributed by atoms with Crippen LogP contribution in [0.1, 0.15) is 12.8 Å². The molecule has 2 N–H and O–H groups in total. The van der Waals surface area contributed by atoms with Gasteiger partial charge in [0.1, 0.15) is 0 Å². The smallest absolute Gasteiger partial charge is 0.0757 e. The van der Waals surface area contributed by atoms with Crippen LogP contribution >= 0.6 is 0 Å². The molecule has 0 amide bonds. The highest BCUT2D eigenvalue weighted by atomic mass is 15.3. The summed E-state index contributed by atoms with van der Waals surface area (Å²) in [7, 11) is 0. The van der Waals surface area contributed by atoms with Crippen LogP contribution in [-0.4, -0.2) is 22.9 Å². The molecule has 0 unspecified atom stereocenters. The molecule has 0 bridgehead atoms. The molecule has 1 saturated heterocycles. The van der Waals surface area contributed by atoms with E-state index in [0.717, 1.165) is 24.5 Å². The number of nitrogens with two attached hydrogens (primary N) is 1. The van der Waals surface area contributed by atoms with Gasteiger partial charge in [0.2, 0.25) is 0 Å². The summed E-state index contributed by atoms with van der Waals surface area (Å²) in [5, 5.41) is 4.39. The maximum Gasteiger partial charge on any atom is 0.0757 e. The van der Waals surface area contributed by atoms with Crippen molar-refractivity contribution in [1.82, 2.24) is 9.78 Å². The van der Waals surface area contributed by atoms with Crippen molar-refractivity contribution in [2.75, 3.05) is 23.7 Å². The van der Waals surface area contributed by atoms with E-state index >= 15 is 0 Å². The van der Waals surface area contributed by atoms with Gasteiger partial charge in [-0.2, -0.15) is 5.10 Å². The maximum atomic E-state index is 5.67. The highest BCUT2D eigenvalue weighted by molar-refractivity contribution is 5.48. The Labute approximate surface area is 101 Å². The number of nitrogen functional groups attached to an aromatic ring is 1. The Morgan fingerprint density at radius 3 is 2.41 bits per heavy atom. The molecule has 1 aliphatic rings. The molecule has 0 radical (unpaired) electrons. The SMILES string of the molecule is Nc1ccc(-n2cc(N3CCCC3)cn2)cc1. The second-order valence-electron chi connectivity index (χ2n) is 4.43. The van der Waals surface area contributed by atoms with Gasteiger partial charge in [-0.25, -0.2) is 4.68 Å². The topological polar surface area (TPSA) is 47.1 Å². The number of aromatic nitrogens is 2. The van der Waals surface area contributed by atoms with E-state index in [1.807, 2.05) is 35.1 Å². The molecule has 17 heavy (non-hydrogen) atoms. The lowest BCUT2D eigenvalue weighted by molar-refractivity contribution is 0.880. The van der Waals surface area contributed by atoms with E-state index in [-0.39, 0.29) is 0 Å². The summed E-state index contributed by atoms with van der Waals surface area (Å²) in [4.78, 5) is 2.38. The molecule has 1 aromatic carbocycles. The van der Waals surface area contributed by atoms with Crippen LogP contribution in [0.4, 0.5) is 11.4 Å². The van der Waals surface area contributed by atoms with E-state index < -0.39 is 0 Å². The fourth-order valence-corrected chi connectivity index (χ4v) is 2.22. The van der Waals surface area contributed by atoms with Crippen molar-refractivity contribution in [2.45, 2.75) is 12.8 Å². The number of hydrogen-bond donors (Lipinski definition) is 1. The second kappa shape index (κ2) is 4.13. The van der Waals surface area contributed by atoms with E-state index in [1.54, 1.807) is 0 Å². The van der Waals surface area contributed by atoms with Gasteiger partial charge in [0.05, 0.1) is 23.8 Å². The third kappa shape index (κ3) is 1.98. The van der Waals surface area contributed by atoms with E-state index in [2.05, 4.69) is 16.2 Å². The van der Waals surface area contributed by atoms with Crippen LogP contribution in [0, 0.1) is 0 Å². The van der Waals surface area contributed by atoms with Crippen LogP contribution in [0.5, 0.6) is 0 Å². The molecule has 4 heteroatoms. The lowest BCUT2D eigenvalue weighted by atomic mass is 10.3. The average molecular weight is 228 g/mol. The summed E-state index contributed by atoms with van der Waals surface area (Å²) in [5.41, 5.74) is 8.70. The standard InChI is InChI=1S/C13H16N4/c14-11-3-5-12(6-4-11)17-10-13(9-15-17)16-7-1-2-8-16/h3-6,9-10H,1-2,7-8,14H2. The first-order valence-corrected chi connectivity index (χ1v) is 5.98. The largest absolute Gasteiger partial charge is 0.399 e. The zero-order valence-electron chi connectivity index (χ0n) is 9.71. The normalized spacial score (nSPS) is 15.4. The molecule has 0 saturated carbocycles. The minimum absolute atomic E-state index is 0.778. The molecular formula is C13H16N4. The summed E-state index contributed by atoms with van der Waals surface area (Å²) in [6.45, 7) is 2.29. The molecule has 0 spiro atoms. The molecule has 0 aliphatic carbocycles. The summed E-state index contributed by atoms with van der Waals surface area (Å²) >= 11 is 0. The molecule has 2 aromatic rings. The van der Waals surface area contributed by atoms with Crippen molar-refractivity contribution >= 4 is 11.4 Å². The van der Waals surface area contributed by atoms with Crippen LogP contribution in [0.25, 0.3) is 5.69 Å². The van der Waals surface area contributed by atoms with Crippen molar-refractivity contribution in [1.29, 1.82) is 0 Å². The Kier molecular flexibility index (Phi) is 2.48. The van der Waals surface area contributed by atoms with Crippen molar-refractivity contribution in [3.63, 3.8) is 0 Å². The van der Waals surface area contributed by atoms with E-state index in [1.165, 1.54) is 18.5 Å². The summed E-state index contributed by atoms with van der Waals surface area (Å²) in [5.74, 6) is 0.